The van der Waals surface area contributed by atoms with Crippen molar-refractivity contribution in [1.82, 2.24) is 4.90 Å². The molecule has 0 N–H and O–H groups in total. The number of likely N-dealkylation sites (tertiary alicyclic amines) is 1. The highest BCUT2D eigenvalue weighted by molar-refractivity contribution is 5.98. The molecule has 2 heterocycles. The van der Waals surface area contributed by atoms with Gasteiger partial charge in [-0.1, -0.05) is 31.0 Å². The number of carbonyl (C=O) groups excluding carboxylic acids is 2. The molecule has 5 nitrogen and oxygen atoms in total. The molecule has 1 aliphatic carbocycles. The Bertz CT molecular complexity index is 667. The first-order valence-corrected chi connectivity index (χ1v) is 8.33. The molecular formula is C18H20NO4-. The van der Waals surface area contributed by atoms with Crippen LogP contribution < -0.4 is 9.84 Å². The second-order valence-electron chi connectivity index (χ2n) is 7.07. The molecule has 0 aromatic heterocycles. The number of nitrogens with zero attached hydrogens (tertiary/aromatic N) is 1. The Labute approximate surface area is 135 Å². The van der Waals surface area contributed by atoms with Crippen LogP contribution in [0.2, 0.25) is 0 Å². The Balaban J connectivity index is 1.83. The predicted molar refractivity (Wildman–Crippen MR) is 80.4 cm³/mol. The SMILES string of the molecule is C[C@@]12C[C@@H](c3ccccc3O1)[C@H](C(=O)[O-])C(=O)N2C1CCCC1. The van der Waals surface area contributed by atoms with Crippen molar-refractivity contribution < 1.29 is 19.4 Å². The molecule has 1 aromatic rings. The maximum atomic E-state index is 13.0. The van der Waals surface area contributed by atoms with E-state index in [9.17, 15) is 14.7 Å². The summed E-state index contributed by atoms with van der Waals surface area (Å²) in [6.45, 7) is 1.91. The van der Waals surface area contributed by atoms with Crippen LogP contribution in [0, 0.1) is 5.92 Å². The van der Waals surface area contributed by atoms with Gasteiger partial charge >= 0.3 is 0 Å². The molecule has 0 radical (unpaired) electrons. The van der Waals surface area contributed by atoms with Crippen molar-refractivity contribution in [3.8, 4) is 5.75 Å². The number of hydrogen-bond donors (Lipinski definition) is 0. The minimum Gasteiger partial charge on any atom is -0.549 e. The van der Waals surface area contributed by atoms with Gasteiger partial charge in [-0.05, 0) is 31.4 Å². The Morgan fingerprint density at radius 1 is 1.30 bits per heavy atom. The fourth-order valence-corrected chi connectivity index (χ4v) is 4.67. The lowest BCUT2D eigenvalue weighted by Gasteiger charge is -2.55. The summed E-state index contributed by atoms with van der Waals surface area (Å²) in [5, 5.41) is 11.7. The van der Waals surface area contributed by atoms with Crippen LogP contribution in [-0.2, 0) is 9.59 Å². The lowest BCUT2D eigenvalue weighted by molar-refractivity contribution is -0.313. The monoisotopic (exact) mass is 314 g/mol. The van der Waals surface area contributed by atoms with Gasteiger partial charge in [-0.2, -0.15) is 0 Å². The molecule has 3 atom stereocenters. The molecule has 2 bridgehead atoms. The average Bonchev–Trinajstić information content (AvgIpc) is 2.99. The number of ether oxygens (including phenoxy) is 1. The van der Waals surface area contributed by atoms with Crippen LogP contribution in [0.5, 0.6) is 5.75 Å². The van der Waals surface area contributed by atoms with Gasteiger partial charge in [0.2, 0.25) is 5.91 Å². The van der Waals surface area contributed by atoms with E-state index < -0.39 is 17.6 Å². The molecule has 5 heteroatoms. The number of rotatable bonds is 2. The van der Waals surface area contributed by atoms with E-state index in [2.05, 4.69) is 0 Å². The lowest BCUT2D eigenvalue weighted by Crippen LogP contribution is -2.67. The first-order chi connectivity index (χ1) is 11.0. The molecule has 0 unspecified atom stereocenters. The van der Waals surface area contributed by atoms with Crippen LogP contribution in [0.15, 0.2) is 24.3 Å². The van der Waals surface area contributed by atoms with Crippen molar-refractivity contribution in [2.45, 2.75) is 56.7 Å². The van der Waals surface area contributed by atoms with Gasteiger partial charge in [0.1, 0.15) is 5.75 Å². The number of para-hydroxylation sites is 1. The van der Waals surface area contributed by atoms with Crippen molar-refractivity contribution in [2.24, 2.45) is 5.92 Å². The van der Waals surface area contributed by atoms with Gasteiger partial charge in [0.15, 0.2) is 5.72 Å². The van der Waals surface area contributed by atoms with Crippen LogP contribution in [0.4, 0.5) is 0 Å². The third-order valence-electron chi connectivity index (χ3n) is 5.61. The normalized spacial score (nSPS) is 33.3. The first-order valence-electron chi connectivity index (χ1n) is 8.33. The Kier molecular flexibility index (Phi) is 3.15. The fraction of sp³-hybridized carbons (Fsp3) is 0.556. The van der Waals surface area contributed by atoms with E-state index in [4.69, 9.17) is 4.74 Å². The van der Waals surface area contributed by atoms with Crippen molar-refractivity contribution >= 4 is 11.9 Å². The van der Waals surface area contributed by atoms with Crippen molar-refractivity contribution in [3.05, 3.63) is 29.8 Å². The maximum Gasteiger partial charge on any atom is 0.235 e. The van der Waals surface area contributed by atoms with E-state index in [1.165, 1.54) is 0 Å². The minimum atomic E-state index is -1.28. The highest BCUT2D eigenvalue weighted by Crippen LogP contribution is 2.51. The van der Waals surface area contributed by atoms with Crippen molar-refractivity contribution in [3.63, 3.8) is 0 Å². The Morgan fingerprint density at radius 3 is 2.70 bits per heavy atom. The smallest absolute Gasteiger partial charge is 0.235 e. The van der Waals surface area contributed by atoms with E-state index in [1.807, 2.05) is 31.2 Å². The molecule has 1 saturated heterocycles. The molecule has 2 fully saturated rings. The molecular weight excluding hydrogens is 294 g/mol. The zero-order chi connectivity index (χ0) is 16.2. The number of carboxylic acids is 1. The summed E-state index contributed by atoms with van der Waals surface area (Å²) in [7, 11) is 0. The highest BCUT2D eigenvalue weighted by Gasteiger charge is 2.56. The maximum absolute atomic E-state index is 13.0. The van der Waals surface area contributed by atoms with Gasteiger partial charge in [0, 0.05) is 18.4 Å². The van der Waals surface area contributed by atoms with E-state index in [1.54, 1.807) is 4.90 Å². The number of piperidine rings is 1. The second kappa shape index (κ2) is 4.98. The van der Waals surface area contributed by atoms with Gasteiger partial charge in [0.25, 0.3) is 0 Å². The lowest BCUT2D eigenvalue weighted by atomic mass is 9.73. The predicted octanol–water partition coefficient (Wildman–Crippen LogP) is 1.42. The summed E-state index contributed by atoms with van der Waals surface area (Å²) in [5.41, 5.74) is 0.0375. The molecule has 122 valence electrons. The van der Waals surface area contributed by atoms with E-state index in [0.717, 1.165) is 31.2 Å². The van der Waals surface area contributed by atoms with Gasteiger partial charge in [-0.3, -0.25) is 4.79 Å². The third kappa shape index (κ3) is 2.06. The zero-order valence-electron chi connectivity index (χ0n) is 13.2. The molecule has 0 spiro atoms. The third-order valence-corrected chi connectivity index (χ3v) is 5.61. The van der Waals surface area contributed by atoms with Gasteiger partial charge in [0.05, 0.1) is 11.9 Å². The second-order valence-corrected chi connectivity index (χ2v) is 7.07. The van der Waals surface area contributed by atoms with E-state index in [-0.39, 0.29) is 17.9 Å². The zero-order valence-corrected chi connectivity index (χ0v) is 13.2. The molecule has 2 aliphatic heterocycles. The average molecular weight is 314 g/mol. The largest absolute Gasteiger partial charge is 0.549 e. The minimum absolute atomic E-state index is 0.0700. The van der Waals surface area contributed by atoms with E-state index in [0.29, 0.717) is 12.2 Å². The van der Waals surface area contributed by atoms with E-state index >= 15 is 0 Å². The van der Waals surface area contributed by atoms with Gasteiger partial charge < -0.3 is 19.5 Å². The fourth-order valence-electron chi connectivity index (χ4n) is 4.67. The number of aliphatic carboxylic acids is 1. The quantitative estimate of drug-likeness (QED) is 0.774. The molecule has 4 rings (SSSR count). The number of benzene rings is 1. The van der Waals surface area contributed by atoms with Crippen LogP contribution in [0.1, 0.15) is 50.5 Å². The number of carbonyl (C=O) groups is 2. The van der Waals surface area contributed by atoms with Crippen molar-refractivity contribution in [1.29, 1.82) is 0 Å². The molecule has 23 heavy (non-hydrogen) atoms. The summed E-state index contributed by atoms with van der Waals surface area (Å²) in [5.74, 6) is -2.42. The number of hydrogen-bond acceptors (Lipinski definition) is 4. The van der Waals surface area contributed by atoms with Crippen molar-refractivity contribution in [2.75, 3.05) is 0 Å². The summed E-state index contributed by atoms with van der Waals surface area (Å²) >= 11 is 0. The summed E-state index contributed by atoms with van der Waals surface area (Å²) in [6.07, 6.45) is 4.47. The topological polar surface area (TPSA) is 69.7 Å². The van der Waals surface area contributed by atoms with Crippen LogP contribution in [0.3, 0.4) is 0 Å². The Morgan fingerprint density at radius 2 is 2.00 bits per heavy atom. The van der Waals surface area contributed by atoms with Crippen LogP contribution in [-0.4, -0.2) is 28.5 Å². The summed E-state index contributed by atoms with van der Waals surface area (Å²) in [4.78, 5) is 26.5. The first kappa shape index (κ1) is 14.5. The van der Waals surface area contributed by atoms with Crippen LogP contribution >= 0.6 is 0 Å². The number of fused-ring (bicyclic) bond motifs is 4. The number of amides is 1. The Hall–Kier alpha value is -2.04. The molecule has 3 aliphatic rings. The molecule has 1 aromatic carbocycles. The molecule has 1 amide bonds. The summed E-state index contributed by atoms with van der Waals surface area (Å²) in [6, 6.07) is 7.51. The number of carboxylic acid groups (broad SMARTS) is 1. The summed E-state index contributed by atoms with van der Waals surface area (Å²) < 4.78 is 6.21. The van der Waals surface area contributed by atoms with Crippen LogP contribution in [0.25, 0.3) is 0 Å². The van der Waals surface area contributed by atoms with Gasteiger partial charge in [-0.15, -0.1) is 0 Å². The standard InChI is InChI=1S/C18H21NO4/c1-18-10-13(12-8-4-5-9-14(12)23-18)15(17(21)22)16(20)19(18)11-6-2-3-7-11/h4-5,8-9,11,13,15H,2-3,6-7,10H2,1H3,(H,21,22)/p-1/t13-,15-,18-/m0/s1. The highest BCUT2D eigenvalue weighted by atomic mass is 16.5. The molecule has 1 saturated carbocycles. The van der Waals surface area contributed by atoms with Gasteiger partial charge in [-0.25, -0.2) is 0 Å².